The Bertz CT molecular complexity index is 1400. The fourth-order valence-electron chi connectivity index (χ4n) is 7.46. The van der Waals surface area contributed by atoms with Crippen molar-refractivity contribution in [2.45, 2.75) is 88.2 Å². The van der Waals surface area contributed by atoms with E-state index in [2.05, 4.69) is 15.5 Å². The third-order valence-electron chi connectivity index (χ3n) is 9.93. The Morgan fingerprint density at radius 2 is 1.74 bits per heavy atom. The molecular weight excluding hydrogens is 610 g/mol. The molecule has 0 aromatic heterocycles. The fraction of sp³-hybridized carbons (Fsp3) is 0.571. The van der Waals surface area contributed by atoms with E-state index in [-0.39, 0.29) is 62.9 Å². The molecule has 2 N–H and O–H groups in total. The van der Waals surface area contributed by atoms with Gasteiger partial charge in [0, 0.05) is 57.1 Å². The van der Waals surface area contributed by atoms with Crippen molar-refractivity contribution in [1.29, 1.82) is 0 Å². The van der Waals surface area contributed by atoms with Gasteiger partial charge in [-0.05, 0) is 43.7 Å². The van der Waals surface area contributed by atoms with E-state index < -0.39 is 35.9 Å². The number of hydrogen-bond donors (Lipinski definition) is 2. The molecule has 3 fully saturated rings. The zero-order valence-electron chi connectivity index (χ0n) is 26.7. The first-order valence-electron chi connectivity index (χ1n) is 16.7. The summed E-state index contributed by atoms with van der Waals surface area (Å²) >= 11 is 0. The lowest BCUT2D eigenvalue weighted by atomic mass is 9.81. The Hall–Kier alpha value is -3.77. The lowest BCUT2D eigenvalue weighted by Gasteiger charge is -2.45. The molecule has 254 valence electrons. The van der Waals surface area contributed by atoms with Gasteiger partial charge in [-0.15, -0.1) is 0 Å². The third-order valence-corrected chi connectivity index (χ3v) is 9.93. The Morgan fingerprint density at radius 3 is 2.51 bits per heavy atom. The number of para-hydroxylation sites is 1. The maximum atomic E-state index is 14.6. The maximum Gasteiger partial charge on any atom is 0.408 e. The topological polar surface area (TPSA) is 109 Å². The molecule has 2 aromatic carbocycles. The van der Waals surface area contributed by atoms with E-state index >= 15 is 0 Å². The van der Waals surface area contributed by atoms with Crippen LogP contribution >= 0.6 is 0 Å². The number of carbonyl (C=O) groups excluding carboxylic acids is 3. The summed E-state index contributed by atoms with van der Waals surface area (Å²) in [7, 11) is 0. The predicted molar refractivity (Wildman–Crippen MR) is 169 cm³/mol. The van der Waals surface area contributed by atoms with Gasteiger partial charge in [0.2, 0.25) is 17.7 Å². The summed E-state index contributed by atoms with van der Waals surface area (Å²) in [6.45, 7) is 4.14. The number of halogens is 2. The van der Waals surface area contributed by atoms with Crippen LogP contribution in [0, 0.1) is 5.92 Å². The van der Waals surface area contributed by atoms with Crippen molar-refractivity contribution in [2.24, 2.45) is 5.92 Å². The van der Waals surface area contributed by atoms with E-state index in [4.69, 9.17) is 14.2 Å². The Kier molecular flexibility index (Phi) is 10.3. The molecule has 1 saturated carbocycles. The van der Waals surface area contributed by atoms with E-state index in [0.717, 1.165) is 11.1 Å². The number of benzene rings is 2. The van der Waals surface area contributed by atoms with Crippen LogP contribution in [-0.4, -0.2) is 90.7 Å². The summed E-state index contributed by atoms with van der Waals surface area (Å²) in [4.78, 5) is 45.6. The van der Waals surface area contributed by atoms with E-state index in [1.54, 1.807) is 4.90 Å². The summed E-state index contributed by atoms with van der Waals surface area (Å²) in [6.07, 6.45) is -0.165. The van der Waals surface area contributed by atoms with Gasteiger partial charge in [-0.25, -0.2) is 13.6 Å². The zero-order valence-corrected chi connectivity index (χ0v) is 26.7. The molecule has 2 aromatic rings. The lowest BCUT2D eigenvalue weighted by molar-refractivity contribution is -0.149. The molecule has 1 aliphatic carbocycles. The SMILES string of the molecule is CCO[C@@H]1C[C@@H]2CN(C(=O)[C@@H](NC(=O)OCc3ccccc3)C3CCC(F)(F)CC3)[C@H](C(=O)N[C@@H]3CCOc4ccccc43)CN2C1. The van der Waals surface area contributed by atoms with Crippen molar-refractivity contribution in [1.82, 2.24) is 20.4 Å². The van der Waals surface area contributed by atoms with Crippen LogP contribution in [0.2, 0.25) is 0 Å². The van der Waals surface area contributed by atoms with E-state index in [1.807, 2.05) is 61.5 Å². The number of carbonyl (C=O) groups is 3. The zero-order chi connectivity index (χ0) is 33.0. The number of piperazine rings is 1. The van der Waals surface area contributed by atoms with Crippen molar-refractivity contribution < 1.29 is 37.4 Å². The first-order chi connectivity index (χ1) is 22.7. The highest BCUT2D eigenvalue weighted by atomic mass is 19.3. The van der Waals surface area contributed by atoms with Crippen LogP contribution in [0.5, 0.6) is 5.75 Å². The number of rotatable bonds is 9. The summed E-state index contributed by atoms with van der Waals surface area (Å²) < 4.78 is 45.6. The van der Waals surface area contributed by atoms with Gasteiger partial charge in [-0.1, -0.05) is 48.5 Å². The van der Waals surface area contributed by atoms with Gasteiger partial charge in [0.25, 0.3) is 0 Å². The molecule has 0 radical (unpaired) electrons. The molecule has 0 spiro atoms. The molecule has 3 heterocycles. The average molecular weight is 655 g/mol. The van der Waals surface area contributed by atoms with Crippen LogP contribution in [0.1, 0.15) is 62.6 Å². The summed E-state index contributed by atoms with van der Waals surface area (Å²) in [6, 6.07) is 14.4. The second-order valence-electron chi connectivity index (χ2n) is 13.0. The quantitative estimate of drug-likeness (QED) is 0.412. The number of nitrogens with one attached hydrogen (secondary N) is 2. The van der Waals surface area contributed by atoms with Gasteiger partial charge >= 0.3 is 6.09 Å². The number of nitrogens with zero attached hydrogens (tertiary/aromatic N) is 2. The second-order valence-corrected chi connectivity index (χ2v) is 13.0. The number of fused-ring (bicyclic) bond motifs is 2. The van der Waals surface area contributed by atoms with Crippen molar-refractivity contribution in [3.8, 4) is 5.75 Å². The first-order valence-corrected chi connectivity index (χ1v) is 16.7. The Morgan fingerprint density at radius 1 is 1.00 bits per heavy atom. The molecule has 0 unspecified atom stereocenters. The fourth-order valence-corrected chi connectivity index (χ4v) is 7.46. The molecule has 10 nitrogen and oxygen atoms in total. The molecule has 6 rings (SSSR count). The van der Waals surface area contributed by atoms with Crippen molar-refractivity contribution >= 4 is 17.9 Å². The summed E-state index contributed by atoms with van der Waals surface area (Å²) in [5.74, 6) is -3.39. The van der Waals surface area contributed by atoms with Gasteiger partial charge in [-0.2, -0.15) is 0 Å². The van der Waals surface area contributed by atoms with E-state index in [1.165, 1.54) is 0 Å². The molecular formula is C35H44F2N4O6. The van der Waals surface area contributed by atoms with Crippen LogP contribution in [-0.2, 0) is 25.7 Å². The number of alkyl carbamates (subject to hydrolysis) is 1. The maximum absolute atomic E-state index is 14.6. The van der Waals surface area contributed by atoms with Crippen molar-refractivity contribution in [3.63, 3.8) is 0 Å². The smallest absolute Gasteiger partial charge is 0.408 e. The highest BCUT2D eigenvalue weighted by Gasteiger charge is 2.48. The standard InChI is InChI=1S/C35H44F2N4O6/c1-2-45-26-18-25-19-41(29(21-40(25)20-26)32(42)38-28-14-17-46-30-11-7-6-10-27(28)30)33(43)31(24-12-15-35(36,37)16-13-24)39-34(44)47-22-23-8-4-3-5-9-23/h3-11,24-26,28-29,31H,2,12-22H2,1H3,(H,38,42)(H,39,44)/t25-,26-,28-,29+,31+/m1/s1. The van der Waals surface area contributed by atoms with Crippen molar-refractivity contribution in [2.75, 3.05) is 32.8 Å². The van der Waals surface area contributed by atoms with E-state index in [0.29, 0.717) is 44.9 Å². The minimum atomic E-state index is -2.82. The van der Waals surface area contributed by atoms with Crippen LogP contribution in [0.3, 0.4) is 0 Å². The normalized spacial score (nSPS) is 26.3. The van der Waals surface area contributed by atoms with Gasteiger partial charge in [-0.3, -0.25) is 14.5 Å². The van der Waals surface area contributed by atoms with Gasteiger partial charge in [0.15, 0.2) is 0 Å². The largest absolute Gasteiger partial charge is 0.493 e. The number of ether oxygens (including phenoxy) is 3. The third kappa shape index (κ3) is 7.86. The molecule has 2 saturated heterocycles. The number of hydrogen-bond acceptors (Lipinski definition) is 7. The molecule has 3 aliphatic heterocycles. The van der Waals surface area contributed by atoms with Gasteiger partial charge in [0.1, 0.15) is 24.4 Å². The highest BCUT2D eigenvalue weighted by molar-refractivity contribution is 5.92. The van der Waals surface area contributed by atoms with Crippen LogP contribution in [0.4, 0.5) is 13.6 Å². The Labute approximate surface area is 274 Å². The second kappa shape index (κ2) is 14.6. The number of amides is 3. The minimum absolute atomic E-state index is 0.00645. The molecule has 12 heteroatoms. The highest BCUT2D eigenvalue weighted by Crippen LogP contribution is 2.39. The lowest BCUT2D eigenvalue weighted by Crippen LogP contribution is -2.66. The van der Waals surface area contributed by atoms with Crippen LogP contribution in [0.25, 0.3) is 0 Å². The summed E-state index contributed by atoms with van der Waals surface area (Å²) in [5, 5.41) is 5.91. The van der Waals surface area contributed by atoms with Crippen LogP contribution in [0.15, 0.2) is 54.6 Å². The van der Waals surface area contributed by atoms with Crippen LogP contribution < -0.4 is 15.4 Å². The average Bonchev–Trinajstić information content (AvgIpc) is 3.48. The molecule has 5 atom stereocenters. The predicted octanol–water partition coefficient (Wildman–Crippen LogP) is 4.44. The minimum Gasteiger partial charge on any atom is -0.493 e. The molecule has 4 aliphatic rings. The molecule has 0 bridgehead atoms. The van der Waals surface area contributed by atoms with Gasteiger partial charge < -0.3 is 29.7 Å². The first kappa shape index (κ1) is 33.1. The number of alkyl halides is 2. The summed E-state index contributed by atoms with van der Waals surface area (Å²) in [5.41, 5.74) is 1.65. The molecule has 3 amide bonds. The monoisotopic (exact) mass is 654 g/mol. The van der Waals surface area contributed by atoms with E-state index in [9.17, 15) is 23.2 Å². The Balaban J connectivity index is 1.24. The van der Waals surface area contributed by atoms with Gasteiger partial charge in [0.05, 0.1) is 18.8 Å². The molecule has 47 heavy (non-hydrogen) atoms. The van der Waals surface area contributed by atoms with Crippen molar-refractivity contribution in [3.05, 3.63) is 65.7 Å².